The Balaban J connectivity index is 1.47. The molecule has 31 heavy (non-hydrogen) atoms. The zero-order valence-corrected chi connectivity index (χ0v) is 17.7. The van der Waals surface area contributed by atoms with Gasteiger partial charge in [-0.25, -0.2) is 9.97 Å². The first-order valence-electron chi connectivity index (χ1n) is 10.0. The molecule has 0 spiro atoms. The molecule has 1 aliphatic heterocycles. The van der Waals surface area contributed by atoms with E-state index < -0.39 is 0 Å². The molecule has 9 nitrogen and oxygen atoms in total. The van der Waals surface area contributed by atoms with Crippen molar-refractivity contribution in [2.45, 2.75) is 39.0 Å². The number of aryl methyl sites for hydroxylation is 1. The normalized spacial score (nSPS) is 13.3. The number of nitrogens with zero attached hydrogens (tertiary/aromatic N) is 4. The number of aromatic nitrogens is 4. The molecule has 3 heterocycles. The zero-order valence-electron chi connectivity index (χ0n) is 17.7. The fraction of sp³-hybridized carbons (Fsp3) is 0.318. The molecule has 160 valence electrons. The van der Waals surface area contributed by atoms with Crippen molar-refractivity contribution in [2.75, 3.05) is 17.2 Å². The van der Waals surface area contributed by atoms with Gasteiger partial charge in [-0.15, -0.1) is 0 Å². The van der Waals surface area contributed by atoms with Crippen molar-refractivity contribution in [1.82, 2.24) is 19.7 Å². The van der Waals surface area contributed by atoms with Gasteiger partial charge in [0.25, 0.3) is 11.9 Å². The van der Waals surface area contributed by atoms with Crippen LogP contribution in [-0.2, 0) is 21.4 Å². The van der Waals surface area contributed by atoms with Crippen LogP contribution in [0.25, 0.3) is 5.95 Å². The van der Waals surface area contributed by atoms with Crippen molar-refractivity contribution >= 4 is 23.3 Å². The van der Waals surface area contributed by atoms with Crippen molar-refractivity contribution in [3.05, 3.63) is 54.0 Å². The topological polar surface area (TPSA) is 111 Å². The van der Waals surface area contributed by atoms with Gasteiger partial charge in [0, 0.05) is 36.0 Å². The average Bonchev–Trinajstić information content (AvgIpc) is 3.17. The lowest BCUT2D eigenvalue weighted by atomic mass is 9.92. The molecule has 9 heteroatoms. The largest absolute Gasteiger partial charge is 0.484 e. The summed E-state index contributed by atoms with van der Waals surface area (Å²) in [4.78, 5) is 32.5. The molecule has 0 fully saturated rings. The quantitative estimate of drug-likeness (QED) is 0.657. The molecule has 0 atom stereocenters. The summed E-state index contributed by atoms with van der Waals surface area (Å²) in [6.07, 6.45) is 4.33. The molecule has 4 rings (SSSR count). The van der Waals surface area contributed by atoms with E-state index in [1.54, 1.807) is 30.6 Å². The van der Waals surface area contributed by atoms with Gasteiger partial charge in [-0.05, 0) is 36.2 Å². The van der Waals surface area contributed by atoms with Gasteiger partial charge in [-0.1, -0.05) is 20.8 Å². The molecule has 2 aromatic heterocycles. The number of nitrogens with one attached hydrogen (secondary N) is 2. The Morgan fingerprint density at radius 1 is 1.19 bits per heavy atom. The first-order chi connectivity index (χ1) is 14.8. The van der Waals surface area contributed by atoms with Crippen molar-refractivity contribution in [3.63, 3.8) is 0 Å². The molecule has 0 saturated carbocycles. The number of fused-ring (bicyclic) bond motifs is 1. The monoisotopic (exact) mass is 420 g/mol. The van der Waals surface area contributed by atoms with Gasteiger partial charge in [0.1, 0.15) is 11.6 Å². The maximum atomic E-state index is 12.6. The Kier molecular flexibility index (Phi) is 5.41. The summed E-state index contributed by atoms with van der Waals surface area (Å²) in [7, 11) is 0. The van der Waals surface area contributed by atoms with Crippen LogP contribution in [0.5, 0.6) is 5.75 Å². The molecule has 0 saturated heterocycles. The molecule has 2 N–H and O–H groups in total. The van der Waals surface area contributed by atoms with Crippen LogP contribution in [0.1, 0.15) is 38.4 Å². The van der Waals surface area contributed by atoms with E-state index in [-0.39, 0.29) is 23.8 Å². The second kappa shape index (κ2) is 8.17. The Bertz CT molecular complexity index is 1120. The Morgan fingerprint density at radius 2 is 1.97 bits per heavy atom. The van der Waals surface area contributed by atoms with Gasteiger partial charge in [0.05, 0.1) is 5.69 Å². The van der Waals surface area contributed by atoms with E-state index in [1.807, 2.05) is 32.9 Å². The Labute approximate surface area is 179 Å². The number of hydrogen-bond donors (Lipinski definition) is 2. The highest BCUT2D eigenvalue weighted by molar-refractivity contribution is 5.94. The number of carbonyl (C=O) groups excluding carboxylic acids is 2. The fourth-order valence-electron chi connectivity index (χ4n) is 3.17. The molecule has 1 aromatic carbocycles. The third-order valence-corrected chi connectivity index (χ3v) is 4.83. The smallest absolute Gasteiger partial charge is 0.263 e. The van der Waals surface area contributed by atoms with Crippen molar-refractivity contribution < 1.29 is 14.3 Å². The maximum absolute atomic E-state index is 12.6. The number of hydrogen-bond acceptors (Lipinski definition) is 6. The summed E-state index contributed by atoms with van der Waals surface area (Å²) in [5.74, 6) is 1.09. The summed E-state index contributed by atoms with van der Waals surface area (Å²) >= 11 is 0. The van der Waals surface area contributed by atoms with E-state index in [2.05, 4.69) is 25.7 Å². The summed E-state index contributed by atoms with van der Waals surface area (Å²) in [5.41, 5.74) is 2.36. The van der Waals surface area contributed by atoms with Gasteiger partial charge < -0.3 is 15.4 Å². The number of benzene rings is 1. The minimum atomic E-state index is -0.330. The lowest BCUT2D eigenvalue weighted by Gasteiger charge is -2.17. The number of rotatable bonds is 5. The Hall–Kier alpha value is -3.75. The molecule has 0 radical (unpaired) electrons. The first kappa shape index (κ1) is 20.5. The molecule has 1 aliphatic rings. The third-order valence-electron chi connectivity index (χ3n) is 4.83. The van der Waals surface area contributed by atoms with E-state index in [0.717, 1.165) is 16.9 Å². The van der Waals surface area contributed by atoms with Crippen molar-refractivity contribution in [2.24, 2.45) is 0 Å². The summed E-state index contributed by atoms with van der Waals surface area (Å²) in [6, 6.07) is 8.90. The lowest BCUT2D eigenvalue weighted by Crippen LogP contribution is -2.22. The van der Waals surface area contributed by atoms with E-state index in [9.17, 15) is 9.59 Å². The van der Waals surface area contributed by atoms with Gasteiger partial charge in [0.15, 0.2) is 6.61 Å². The fourth-order valence-corrected chi connectivity index (χ4v) is 3.17. The summed E-state index contributed by atoms with van der Waals surface area (Å²) < 4.78 is 7.18. The highest BCUT2D eigenvalue weighted by Crippen LogP contribution is 2.27. The molecule has 0 unspecified atom stereocenters. The second-order valence-corrected chi connectivity index (χ2v) is 8.33. The van der Waals surface area contributed by atoms with Crippen LogP contribution in [0.3, 0.4) is 0 Å². The predicted octanol–water partition coefficient (Wildman–Crippen LogP) is 2.86. The van der Waals surface area contributed by atoms with Gasteiger partial charge in [-0.2, -0.15) is 9.78 Å². The second-order valence-electron chi connectivity index (χ2n) is 8.33. The Morgan fingerprint density at radius 3 is 2.71 bits per heavy atom. The van der Waals surface area contributed by atoms with E-state index in [0.29, 0.717) is 30.4 Å². The predicted molar refractivity (Wildman–Crippen MR) is 115 cm³/mol. The van der Waals surface area contributed by atoms with Crippen LogP contribution in [0, 0.1) is 0 Å². The van der Waals surface area contributed by atoms with Crippen LogP contribution in [-0.4, -0.2) is 38.2 Å². The van der Waals surface area contributed by atoms with Crippen LogP contribution in [0.2, 0.25) is 0 Å². The minimum absolute atomic E-state index is 0.00850. The standard InChI is InChI=1S/C22H24N6O3/c1-22(2,3)17-12-18(28(27-17)21-23-9-4-10-24-21)26-20(30)13-31-15-6-7-16-14(11-15)5-8-19(29)25-16/h4,6-7,9-12H,5,8,13H2,1-3H3,(H,25,29)(H,26,30). The van der Waals surface area contributed by atoms with E-state index in [4.69, 9.17) is 4.74 Å². The van der Waals surface area contributed by atoms with E-state index in [1.165, 1.54) is 4.68 Å². The zero-order chi connectivity index (χ0) is 22.0. The van der Waals surface area contributed by atoms with Gasteiger partial charge in [0.2, 0.25) is 5.91 Å². The minimum Gasteiger partial charge on any atom is -0.484 e. The number of amides is 2. The molecule has 0 bridgehead atoms. The molecular formula is C22H24N6O3. The number of carbonyl (C=O) groups is 2. The molecule has 3 aromatic rings. The summed E-state index contributed by atoms with van der Waals surface area (Å²) in [5, 5.41) is 10.2. The van der Waals surface area contributed by atoms with Crippen LogP contribution in [0.4, 0.5) is 11.5 Å². The molecule has 0 aliphatic carbocycles. The van der Waals surface area contributed by atoms with E-state index >= 15 is 0 Å². The van der Waals surface area contributed by atoms with Crippen LogP contribution < -0.4 is 15.4 Å². The van der Waals surface area contributed by atoms with Gasteiger partial charge >= 0.3 is 0 Å². The molecular weight excluding hydrogens is 396 g/mol. The van der Waals surface area contributed by atoms with Crippen LogP contribution >= 0.6 is 0 Å². The maximum Gasteiger partial charge on any atom is 0.263 e. The highest BCUT2D eigenvalue weighted by Gasteiger charge is 2.22. The van der Waals surface area contributed by atoms with Crippen molar-refractivity contribution in [3.8, 4) is 11.7 Å². The highest BCUT2D eigenvalue weighted by atomic mass is 16.5. The van der Waals surface area contributed by atoms with Crippen LogP contribution in [0.15, 0.2) is 42.7 Å². The number of ether oxygens (including phenoxy) is 1. The molecule has 2 amide bonds. The number of anilines is 2. The first-order valence-corrected chi connectivity index (χ1v) is 10.0. The lowest BCUT2D eigenvalue weighted by molar-refractivity contribution is -0.118. The third kappa shape index (κ3) is 4.71. The van der Waals surface area contributed by atoms with Crippen molar-refractivity contribution in [1.29, 1.82) is 0 Å². The summed E-state index contributed by atoms with van der Waals surface area (Å²) in [6.45, 7) is 5.95. The average molecular weight is 420 g/mol. The van der Waals surface area contributed by atoms with Gasteiger partial charge in [-0.3, -0.25) is 9.59 Å². The SMILES string of the molecule is CC(C)(C)c1cc(NC(=O)COc2ccc3c(c2)CCC(=O)N3)n(-c2ncccn2)n1.